The van der Waals surface area contributed by atoms with Gasteiger partial charge in [0.05, 0.1) is 0 Å². The third-order valence-electron chi connectivity index (χ3n) is 4.23. The first kappa shape index (κ1) is 12.7. The maximum Gasteiger partial charge on any atom is 0.223 e. The number of nitrogens with zero attached hydrogens (tertiary/aromatic N) is 1. The molecule has 0 aromatic heterocycles. The molecule has 2 aliphatic carbocycles. The summed E-state index contributed by atoms with van der Waals surface area (Å²) in [4.78, 5) is 14.5. The van der Waals surface area contributed by atoms with Gasteiger partial charge in [0, 0.05) is 19.0 Å². The monoisotopic (exact) mass is 235 g/mol. The predicted molar refractivity (Wildman–Crippen MR) is 70.7 cm³/mol. The summed E-state index contributed by atoms with van der Waals surface area (Å²) < 4.78 is 0. The first-order valence-corrected chi connectivity index (χ1v) is 7.27. The van der Waals surface area contributed by atoms with Crippen LogP contribution in [0.2, 0.25) is 0 Å². The van der Waals surface area contributed by atoms with Crippen molar-refractivity contribution < 1.29 is 4.79 Å². The maximum atomic E-state index is 12.3. The second kappa shape index (κ2) is 6.23. The molecule has 1 fully saturated rings. The van der Waals surface area contributed by atoms with Crippen LogP contribution in [0.4, 0.5) is 0 Å². The van der Waals surface area contributed by atoms with Crippen molar-refractivity contribution in [2.75, 3.05) is 6.54 Å². The van der Waals surface area contributed by atoms with Crippen molar-refractivity contribution in [1.82, 2.24) is 4.90 Å². The van der Waals surface area contributed by atoms with E-state index in [0.717, 1.165) is 19.4 Å². The highest BCUT2D eigenvalue weighted by atomic mass is 16.2. The van der Waals surface area contributed by atoms with Gasteiger partial charge < -0.3 is 4.90 Å². The number of carbonyl (C=O) groups is 1. The van der Waals surface area contributed by atoms with E-state index < -0.39 is 0 Å². The van der Waals surface area contributed by atoms with Gasteiger partial charge in [-0.25, -0.2) is 0 Å². The Bertz CT molecular complexity index is 279. The molecular formula is C15H25NO. The second-order valence-electron chi connectivity index (χ2n) is 5.44. The Morgan fingerprint density at radius 2 is 2.00 bits per heavy atom. The molecule has 0 spiro atoms. The van der Waals surface area contributed by atoms with Crippen molar-refractivity contribution >= 4 is 5.91 Å². The highest BCUT2D eigenvalue weighted by molar-refractivity contribution is 5.77. The zero-order valence-electron chi connectivity index (χ0n) is 11.0. The van der Waals surface area contributed by atoms with Crippen molar-refractivity contribution in [2.45, 2.75) is 64.3 Å². The van der Waals surface area contributed by atoms with Crippen LogP contribution < -0.4 is 0 Å². The molecule has 2 heteroatoms. The maximum absolute atomic E-state index is 12.3. The third kappa shape index (κ3) is 3.34. The van der Waals surface area contributed by atoms with Gasteiger partial charge in [0.1, 0.15) is 0 Å². The van der Waals surface area contributed by atoms with E-state index in [0.29, 0.717) is 17.9 Å². The summed E-state index contributed by atoms with van der Waals surface area (Å²) in [7, 11) is 0. The largest absolute Gasteiger partial charge is 0.340 e. The SMILES string of the molecule is CCN(C(=O)CC1C=CCC1)C1CCCCC1. The molecule has 2 aliphatic rings. The molecule has 0 aromatic carbocycles. The van der Waals surface area contributed by atoms with E-state index in [-0.39, 0.29) is 0 Å². The molecule has 0 heterocycles. The quantitative estimate of drug-likeness (QED) is 0.683. The van der Waals surface area contributed by atoms with E-state index in [1.165, 1.54) is 38.5 Å². The van der Waals surface area contributed by atoms with E-state index in [1.54, 1.807) is 0 Å². The molecule has 1 atom stereocenters. The molecule has 2 rings (SSSR count). The fourth-order valence-corrected chi connectivity index (χ4v) is 3.24. The summed E-state index contributed by atoms with van der Waals surface area (Å²) in [5, 5.41) is 0. The normalized spacial score (nSPS) is 25.1. The minimum atomic E-state index is 0.385. The number of amides is 1. The van der Waals surface area contributed by atoms with Crippen molar-refractivity contribution in [1.29, 1.82) is 0 Å². The van der Waals surface area contributed by atoms with Crippen LogP contribution in [0.15, 0.2) is 12.2 Å². The van der Waals surface area contributed by atoms with Gasteiger partial charge in [-0.3, -0.25) is 4.79 Å². The van der Waals surface area contributed by atoms with Crippen LogP contribution in [-0.2, 0) is 4.79 Å². The van der Waals surface area contributed by atoms with Crippen molar-refractivity contribution in [3.63, 3.8) is 0 Å². The number of carbonyl (C=O) groups excluding carboxylic acids is 1. The molecule has 0 N–H and O–H groups in total. The Labute approximate surface area is 105 Å². The average molecular weight is 235 g/mol. The zero-order chi connectivity index (χ0) is 12.1. The van der Waals surface area contributed by atoms with Gasteiger partial charge in [-0.05, 0) is 38.5 Å². The number of rotatable bonds is 4. The van der Waals surface area contributed by atoms with Crippen molar-refractivity contribution in [2.24, 2.45) is 5.92 Å². The fraction of sp³-hybridized carbons (Fsp3) is 0.800. The van der Waals surface area contributed by atoms with E-state index in [9.17, 15) is 4.79 Å². The molecule has 1 amide bonds. The topological polar surface area (TPSA) is 20.3 Å². The Morgan fingerprint density at radius 1 is 1.24 bits per heavy atom. The summed E-state index contributed by atoms with van der Waals surface area (Å²) in [5.74, 6) is 0.899. The summed E-state index contributed by atoms with van der Waals surface area (Å²) >= 11 is 0. The Morgan fingerprint density at radius 3 is 2.59 bits per heavy atom. The summed E-state index contributed by atoms with van der Waals surface area (Å²) in [5.41, 5.74) is 0. The lowest BCUT2D eigenvalue weighted by Crippen LogP contribution is -2.41. The molecule has 17 heavy (non-hydrogen) atoms. The zero-order valence-corrected chi connectivity index (χ0v) is 11.0. The number of hydrogen-bond donors (Lipinski definition) is 0. The Balaban J connectivity index is 1.87. The van der Waals surface area contributed by atoms with Crippen LogP contribution in [0.25, 0.3) is 0 Å². The van der Waals surface area contributed by atoms with Crippen LogP contribution in [0.5, 0.6) is 0 Å². The van der Waals surface area contributed by atoms with E-state index in [1.807, 2.05) is 0 Å². The molecule has 0 aromatic rings. The highest BCUT2D eigenvalue weighted by Crippen LogP contribution is 2.26. The number of hydrogen-bond acceptors (Lipinski definition) is 1. The van der Waals surface area contributed by atoms with Gasteiger partial charge in [0.25, 0.3) is 0 Å². The predicted octanol–water partition coefficient (Wildman–Crippen LogP) is 3.52. The lowest BCUT2D eigenvalue weighted by Gasteiger charge is -2.34. The molecule has 0 radical (unpaired) electrons. The molecule has 0 aliphatic heterocycles. The summed E-state index contributed by atoms with van der Waals surface area (Å²) in [6.45, 7) is 3.01. The van der Waals surface area contributed by atoms with Gasteiger partial charge in [-0.15, -0.1) is 0 Å². The minimum absolute atomic E-state index is 0.385. The molecule has 96 valence electrons. The van der Waals surface area contributed by atoms with E-state index in [2.05, 4.69) is 24.0 Å². The van der Waals surface area contributed by atoms with Crippen molar-refractivity contribution in [3.8, 4) is 0 Å². The van der Waals surface area contributed by atoms with E-state index in [4.69, 9.17) is 0 Å². The molecular weight excluding hydrogens is 210 g/mol. The van der Waals surface area contributed by atoms with Crippen LogP contribution in [0, 0.1) is 5.92 Å². The summed E-state index contributed by atoms with van der Waals surface area (Å²) in [6.07, 6.45) is 13.9. The van der Waals surface area contributed by atoms with Crippen LogP contribution in [0.3, 0.4) is 0 Å². The average Bonchev–Trinajstić information content (AvgIpc) is 2.84. The van der Waals surface area contributed by atoms with Gasteiger partial charge >= 0.3 is 0 Å². The van der Waals surface area contributed by atoms with Gasteiger partial charge in [0.2, 0.25) is 5.91 Å². The minimum Gasteiger partial charge on any atom is -0.340 e. The van der Waals surface area contributed by atoms with E-state index >= 15 is 0 Å². The first-order valence-electron chi connectivity index (χ1n) is 7.27. The standard InChI is InChI=1S/C15H25NO/c1-2-16(14-10-4-3-5-11-14)15(17)12-13-8-6-7-9-13/h6,8,13-14H,2-5,7,9-12H2,1H3. The first-order chi connectivity index (χ1) is 8.31. The van der Waals surface area contributed by atoms with Gasteiger partial charge in [-0.2, -0.15) is 0 Å². The molecule has 0 saturated heterocycles. The highest BCUT2D eigenvalue weighted by Gasteiger charge is 2.25. The van der Waals surface area contributed by atoms with Crippen LogP contribution in [-0.4, -0.2) is 23.4 Å². The third-order valence-corrected chi connectivity index (χ3v) is 4.23. The molecule has 0 bridgehead atoms. The van der Waals surface area contributed by atoms with Gasteiger partial charge in [0.15, 0.2) is 0 Å². The molecule has 1 unspecified atom stereocenters. The summed E-state index contributed by atoms with van der Waals surface area (Å²) in [6, 6.07) is 0.534. The van der Waals surface area contributed by atoms with Crippen LogP contribution in [0.1, 0.15) is 58.3 Å². The Kier molecular flexibility index (Phi) is 4.64. The second-order valence-corrected chi connectivity index (χ2v) is 5.44. The Hall–Kier alpha value is -0.790. The lowest BCUT2D eigenvalue weighted by molar-refractivity contribution is -0.134. The van der Waals surface area contributed by atoms with Crippen LogP contribution >= 0.6 is 0 Å². The molecule has 1 saturated carbocycles. The fourth-order valence-electron chi connectivity index (χ4n) is 3.24. The smallest absolute Gasteiger partial charge is 0.223 e. The molecule has 2 nitrogen and oxygen atoms in total. The van der Waals surface area contributed by atoms with Gasteiger partial charge in [-0.1, -0.05) is 31.4 Å². The lowest BCUT2D eigenvalue weighted by atomic mass is 9.93. The number of allylic oxidation sites excluding steroid dienone is 2. The van der Waals surface area contributed by atoms with Crippen molar-refractivity contribution in [3.05, 3.63) is 12.2 Å².